The molecule has 0 amide bonds. The third kappa shape index (κ3) is 5.49. The van der Waals surface area contributed by atoms with Gasteiger partial charge >= 0.3 is 0 Å². The highest BCUT2D eigenvalue weighted by Gasteiger charge is 2.37. The van der Waals surface area contributed by atoms with E-state index in [9.17, 15) is 5.11 Å². The standard InChI is InChI=1S/C12H26O2Si/c1-10(2)8-11(13)9-14-15(6,7)12(3,4)5/h11,13H,1,8-9H2,2-7H3/t11-/m0/s1. The first-order valence-electron chi connectivity index (χ1n) is 5.52. The molecule has 90 valence electrons. The molecular weight excluding hydrogens is 204 g/mol. The van der Waals surface area contributed by atoms with E-state index < -0.39 is 14.4 Å². The monoisotopic (exact) mass is 230 g/mol. The molecule has 1 N–H and O–H groups in total. The van der Waals surface area contributed by atoms with E-state index >= 15 is 0 Å². The fourth-order valence-corrected chi connectivity index (χ4v) is 2.02. The molecule has 0 bridgehead atoms. The van der Waals surface area contributed by atoms with Gasteiger partial charge in [-0.05, 0) is 31.5 Å². The van der Waals surface area contributed by atoms with Crippen LogP contribution in [0.3, 0.4) is 0 Å². The fourth-order valence-electron chi connectivity index (χ4n) is 0.982. The second-order valence-electron chi connectivity index (χ2n) is 5.89. The van der Waals surface area contributed by atoms with E-state index in [1.807, 2.05) is 6.92 Å². The van der Waals surface area contributed by atoms with E-state index in [0.717, 1.165) is 5.57 Å². The largest absolute Gasteiger partial charge is 0.414 e. The van der Waals surface area contributed by atoms with Crippen LogP contribution in [0.4, 0.5) is 0 Å². The maximum absolute atomic E-state index is 9.69. The first kappa shape index (κ1) is 14.9. The van der Waals surface area contributed by atoms with Crippen LogP contribution in [-0.4, -0.2) is 26.1 Å². The van der Waals surface area contributed by atoms with Crippen molar-refractivity contribution in [1.29, 1.82) is 0 Å². The Kier molecular flexibility index (Phi) is 5.24. The SMILES string of the molecule is C=C(C)C[C@H](O)CO[Si](C)(C)C(C)(C)C. The molecule has 15 heavy (non-hydrogen) atoms. The number of aliphatic hydroxyl groups excluding tert-OH is 1. The third-order valence-corrected chi connectivity index (χ3v) is 7.53. The molecule has 0 spiro atoms. The van der Waals surface area contributed by atoms with Crippen molar-refractivity contribution in [2.24, 2.45) is 0 Å². The van der Waals surface area contributed by atoms with Crippen LogP contribution in [0.1, 0.15) is 34.1 Å². The zero-order valence-corrected chi connectivity index (χ0v) is 12.1. The Morgan fingerprint density at radius 3 is 2.20 bits per heavy atom. The summed E-state index contributed by atoms with van der Waals surface area (Å²) >= 11 is 0. The van der Waals surface area contributed by atoms with Crippen LogP contribution in [0.2, 0.25) is 18.1 Å². The molecule has 0 heterocycles. The molecule has 0 aromatic rings. The van der Waals surface area contributed by atoms with E-state index in [1.54, 1.807) is 0 Å². The Bertz CT molecular complexity index is 216. The third-order valence-electron chi connectivity index (χ3n) is 3.03. The van der Waals surface area contributed by atoms with Gasteiger partial charge in [-0.1, -0.05) is 26.3 Å². The molecule has 2 nitrogen and oxygen atoms in total. The number of aliphatic hydroxyl groups is 1. The van der Waals surface area contributed by atoms with Crippen molar-refractivity contribution < 1.29 is 9.53 Å². The van der Waals surface area contributed by atoms with Crippen molar-refractivity contribution in [2.45, 2.75) is 58.4 Å². The van der Waals surface area contributed by atoms with Gasteiger partial charge in [-0.15, -0.1) is 6.58 Å². The second-order valence-corrected chi connectivity index (χ2v) is 10.7. The lowest BCUT2D eigenvalue weighted by Crippen LogP contribution is -2.42. The smallest absolute Gasteiger partial charge is 0.192 e. The Labute approximate surface area is 95.5 Å². The van der Waals surface area contributed by atoms with Gasteiger partial charge in [0.1, 0.15) is 0 Å². The molecule has 3 heteroatoms. The Morgan fingerprint density at radius 2 is 1.87 bits per heavy atom. The second kappa shape index (κ2) is 5.28. The molecule has 0 aliphatic heterocycles. The number of rotatable bonds is 5. The van der Waals surface area contributed by atoms with E-state index in [2.05, 4.69) is 40.4 Å². The van der Waals surface area contributed by atoms with Crippen LogP contribution in [0.5, 0.6) is 0 Å². The quantitative estimate of drug-likeness (QED) is 0.580. The van der Waals surface area contributed by atoms with Gasteiger partial charge in [-0.3, -0.25) is 0 Å². The predicted octanol–water partition coefficient (Wildman–Crippen LogP) is 3.34. The average molecular weight is 230 g/mol. The van der Waals surface area contributed by atoms with Crippen molar-refractivity contribution >= 4 is 8.32 Å². The van der Waals surface area contributed by atoms with Crippen molar-refractivity contribution in [3.8, 4) is 0 Å². The molecule has 0 rings (SSSR count). The van der Waals surface area contributed by atoms with Gasteiger partial charge in [-0.25, -0.2) is 0 Å². The molecule has 0 unspecified atom stereocenters. The summed E-state index contributed by atoms with van der Waals surface area (Å²) in [5.74, 6) is 0. The summed E-state index contributed by atoms with van der Waals surface area (Å²) in [4.78, 5) is 0. The number of hydrogen-bond acceptors (Lipinski definition) is 2. The Morgan fingerprint density at radius 1 is 1.40 bits per heavy atom. The minimum absolute atomic E-state index is 0.204. The van der Waals surface area contributed by atoms with Gasteiger partial charge in [0.05, 0.1) is 12.7 Å². The van der Waals surface area contributed by atoms with Gasteiger partial charge in [0, 0.05) is 0 Å². The van der Waals surface area contributed by atoms with E-state index in [1.165, 1.54) is 0 Å². The summed E-state index contributed by atoms with van der Waals surface area (Å²) in [5, 5.41) is 9.89. The van der Waals surface area contributed by atoms with E-state index in [4.69, 9.17) is 4.43 Å². The lowest BCUT2D eigenvalue weighted by atomic mass is 10.2. The topological polar surface area (TPSA) is 29.5 Å². The molecule has 1 atom stereocenters. The summed E-state index contributed by atoms with van der Waals surface area (Å²) in [6.07, 6.45) is 0.228. The van der Waals surface area contributed by atoms with Gasteiger partial charge in [0.25, 0.3) is 0 Å². The summed E-state index contributed by atoms with van der Waals surface area (Å²) in [5.41, 5.74) is 1.00. The normalized spacial score (nSPS) is 15.1. The van der Waals surface area contributed by atoms with Gasteiger partial charge in [0.2, 0.25) is 0 Å². The highest BCUT2D eigenvalue weighted by molar-refractivity contribution is 6.74. The van der Waals surface area contributed by atoms with Gasteiger partial charge < -0.3 is 9.53 Å². The van der Waals surface area contributed by atoms with Crippen LogP contribution in [-0.2, 0) is 4.43 Å². The van der Waals surface area contributed by atoms with E-state index in [-0.39, 0.29) is 5.04 Å². The van der Waals surface area contributed by atoms with Crippen molar-refractivity contribution in [2.75, 3.05) is 6.61 Å². The Balaban J connectivity index is 4.10. The molecule has 0 fully saturated rings. The van der Waals surface area contributed by atoms with Gasteiger partial charge in [-0.2, -0.15) is 0 Å². The van der Waals surface area contributed by atoms with Crippen LogP contribution in [0, 0.1) is 0 Å². The minimum atomic E-state index is -1.71. The Hall–Kier alpha value is -0.123. The zero-order chi connectivity index (χ0) is 12.3. The van der Waals surface area contributed by atoms with Crippen LogP contribution >= 0.6 is 0 Å². The lowest BCUT2D eigenvalue weighted by molar-refractivity contribution is 0.100. The zero-order valence-electron chi connectivity index (χ0n) is 11.1. The minimum Gasteiger partial charge on any atom is -0.414 e. The molecule has 0 radical (unpaired) electrons. The van der Waals surface area contributed by atoms with Crippen molar-refractivity contribution in [1.82, 2.24) is 0 Å². The number of hydrogen-bond donors (Lipinski definition) is 1. The van der Waals surface area contributed by atoms with Crippen molar-refractivity contribution in [3.05, 3.63) is 12.2 Å². The highest BCUT2D eigenvalue weighted by Crippen LogP contribution is 2.36. The molecule has 0 saturated heterocycles. The summed E-state index contributed by atoms with van der Waals surface area (Å²) < 4.78 is 5.90. The summed E-state index contributed by atoms with van der Waals surface area (Å²) in [6, 6.07) is 0. The van der Waals surface area contributed by atoms with Crippen molar-refractivity contribution in [3.63, 3.8) is 0 Å². The van der Waals surface area contributed by atoms with Gasteiger partial charge in [0.15, 0.2) is 8.32 Å². The lowest BCUT2D eigenvalue weighted by Gasteiger charge is -2.36. The molecule has 0 saturated carbocycles. The van der Waals surface area contributed by atoms with Crippen LogP contribution in [0.15, 0.2) is 12.2 Å². The summed E-state index contributed by atoms with van der Waals surface area (Å²) in [6.45, 7) is 17.1. The average Bonchev–Trinajstić information content (AvgIpc) is 1.97. The van der Waals surface area contributed by atoms with Crippen LogP contribution in [0.25, 0.3) is 0 Å². The summed E-state index contributed by atoms with van der Waals surface area (Å²) in [7, 11) is -1.71. The molecule has 0 aromatic carbocycles. The fraction of sp³-hybridized carbons (Fsp3) is 0.833. The maximum atomic E-state index is 9.69. The predicted molar refractivity (Wildman–Crippen MR) is 68.6 cm³/mol. The molecule has 0 aliphatic rings. The van der Waals surface area contributed by atoms with Crippen LogP contribution < -0.4 is 0 Å². The maximum Gasteiger partial charge on any atom is 0.192 e. The molecular formula is C12H26O2Si. The molecule has 0 aliphatic carbocycles. The first-order chi connectivity index (χ1) is 6.56. The molecule has 0 aromatic heterocycles. The highest BCUT2D eigenvalue weighted by atomic mass is 28.4. The van der Waals surface area contributed by atoms with E-state index in [0.29, 0.717) is 13.0 Å². The first-order valence-corrected chi connectivity index (χ1v) is 8.43.